The normalized spacial score (nSPS) is 26.3. The highest BCUT2D eigenvalue weighted by Crippen LogP contribution is 2.28. The Bertz CT molecular complexity index is 501. The number of rotatable bonds is 1. The van der Waals surface area contributed by atoms with E-state index >= 15 is 0 Å². The largest absolute Gasteiger partial charge is 0.398 e. The number of hydrogen-bond donors (Lipinski definition) is 1. The number of nitrogens with zero attached hydrogens (tertiary/aromatic N) is 1. The van der Waals surface area contributed by atoms with Crippen molar-refractivity contribution in [1.29, 1.82) is 0 Å². The van der Waals surface area contributed by atoms with Gasteiger partial charge in [-0.3, -0.25) is 4.79 Å². The Balaban J connectivity index is 1.77. The number of hydrogen-bond acceptors (Lipinski definition) is 3. The lowest BCUT2D eigenvalue weighted by molar-refractivity contribution is -0.137. The van der Waals surface area contributed by atoms with Gasteiger partial charge in [0.25, 0.3) is 0 Å². The summed E-state index contributed by atoms with van der Waals surface area (Å²) in [5.41, 5.74) is 9.23. The molecule has 1 aromatic carbocycles. The van der Waals surface area contributed by atoms with Crippen molar-refractivity contribution < 1.29 is 9.53 Å². The Labute approximate surface area is 113 Å². The third-order valence-electron chi connectivity index (χ3n) is 4.31. The van der Waals surface area contributed by atoms with Crippen LogP contribution in [0.2, 0.25) is 0 Å². The van der Waals surface area contributed by atoms with E-state index in [4.69, 9.17) is 10.5 Å². The second-order valence-electron chi connectivity index (χ2n) is 5.47. The molecule has 0 bridgehead atoms. The lowest BCUT2D eigenvalue weighted by Crippen LogP contribution is -2.41. The molecule has 1 fully saturated rings. The van der Waals surface area contributed by atoms with Gasteiger partial charge in [0, 0.05) is 25.4 Å². The van der Waals surface area contributed by atoms with Crippen molar-refractivity contribution in [3.8, 4) is 0 Å². The average Bonchev–Trinajstić information content (AvgIpc) is 2.84. The third kappa shape index (κ3) is 2.21. The van der Waals surface area contributed by atoms with Crippen LogP contribution < -0.4 is 5.73 Å². The standard InChI is InChI=1S/C15H20N2O2/c1-10-12(6-8-19-10)15(18)17-7-5-13-11(9-17)3-2-4-14(13)16/h2-4,10,12H,5-9,16H2,1H3. The van der Waals surface area contributed by atoms with E-state index in [1.54, 1.807) is 0 Å². The Kier molecular flexibility index (Phi) is 3.19. The molecule has 2 unspecified atom stereocenters. The minimum absolute atomic E-state index is 0.0302. The number of carbonyl (C=O) groups excluding carboxylic acids is 1. The van der Waals surface area contributed by atoms with Crippen LogP contribution in [-0.4, -0.2) is 30.1 Å². The molecule has 2 atom stereocenters. The number of benzene rings is 1. The fourth-order valence-corrected chi connectivity index (χ4v) is 3.12. The molecule has 2 aliphatic rings. The smallest absolute Gasteiger partial charge is 0.228 e. The number of nitrogens with two attached hydrogens (primary N) is 1. The van der Waals surface area contributed by atoms with Gasteiger partial charge in [-0.2, -0.15) is 0 Å². The van der Waals surface area contributed by atoms with Crippen molar-refractivity contribution in [1.82, 2.24) is 4.90 Å². The van der Waals surface area contributed by atoms with E-state index in [0.29, 0.717) is 13.2 Å². The van der Waals surface area contributed by atoms with Gasteiger partial charge in [0.1, 0.15) is 0 Å². The number of ether oxygens (including phenoxy) is 1. The van der Waals surface area contributed by atoms with Crippen LogP contribution in [0.1, 0.15) is 24.5 Å². The van der Waals surface area contributed by atoms with Crippen molar-refractivity contribution >= 4 is 11.6 Å². The average molecular weight is 260 g/mol. The van der Waals surface area contributed by atoms with Crippen molar-refractivity contribution in [3.05, 3.63) is 29.3 Å². The quantitative estimate of drug-likeness (QED) is 0.780. The topological polar surface area (TPSA) is 55.6 Å². The minimum atomic E-state index is 0.0302. The van der Waals surface area contributed by atoms with E-state index in [-0.39, 0.29) is 17.9 Å². The van der Waals surface area contributed by atoms with E-state index in [1.807, 2.05) is 24.0 Å². The maximum atomic E-state index is 12.5. The lowest BCUT2D eigenvalue weighted by atomic mass is 9.95. The van der Waals surface area contributed by atoms with Crippen LogP contribution in [0.5, 0.6) is 0 Å². The van der Waals surface area contributed by atoms with Crippen LogP contribution in [-0.2, 0) is 22.5 Å². The van der Waals surface area contributed by atoms with Gasteiger partial charge in [0.05, 0.1) is 12.0 Å². The van der Waals surface area contributed by atoms with E-state index < -0.39 is 0 Å². The SMILES string of the molecule is CC1OCCC1C(=O)N1CCc2c(N)cccc2C1. The Hall–Kier alpha value is -1.55. The maximum absolute atomic E-state index is 12.5. The number of anilines is 1. The van der Waals surface area contributed by atoms with E-state index in [1.165, 1.54) is 11.1 Å². The zero-order valence-corrected chi connectivity index (χ0v) is 11.3. The molecule has 2 aliphatic heterocycles. The molecule has 0 aliphatic carbocycles. The second kappa shape index (κ2) is 4.85. The summed E-state index contributed by atoms with van der Waals surface area (Å²) in [6, 6.07) is 5.96. The molecule has 3 rings (SSSR count). The molecule has 0 radical (unpaired) electrons. The number of nitrogen functional groups attached to an aromatic ring is 1. The van der Waals surface area contributed by atoms with E-state index in [9.17, 15) is 4.79 Å². The highest BCUT2D eigenvalue weighted by atomic mass is 16.5. The van der Waals surface area contributed by atoms with Gasteiger partial charge in [-0.25, -0.2) is 0 Å². The van der Waals surface area contributed by atoms with Gasteiger partial charge >= 0.3 is 0 Å². The Morgan fingerprint density at radius 1 is 1.47 bits per heavy atom. The van der Waals surface area contributed by atoms with Gasteiger partial charge in [-0.1, -0.05) is 12.1 Å². The summed E-state index contributed by atoms with van der Waals surface area (Å²) >= 11 is 0. The summed E-state index contributed by atoms with van der Waals surface area (Å²) in [4.78, 5) is 14.5. The molecular formula is C15H20N2O2. The van der Waals surface area contributed by atoms with Crippen LogP contribution in [0.4, 0.5) is 5.69 Å². The molecule has 0 saturated carbocycles. The summed E-state index contributed by atoms with van der Waals surface area (Å²) in [6.45, 7) is 4.14. The lowest BCUT2D eigenvalue weighted by Gasteiger charge is -2.32. The molecule has 19 heavy (non-hydrogen) atoms. The van der Waals surface area contributed by atoms with Crippen molar-refractivity contribution in [2.45, 2.75) is 32.4 Å². The van der Waals surface area contributed by atoms with Gasteiger partial charge in [0.15, 0.2) is 0 Å². The molecule has 1 aromatic rings. The summed E-state index contributed by atoms with van der Waals surface area (Å²) in [7, 11) is 0. The summed E-state index contributed by atoms with van der Waals surface area (Å²) in [5.74, 6) is 0.265. The van der Waals surface area contributed by atoms with Gasteiger partial charge in [0.2, 0.25) is 5.91 Å². The van der Waals surface area contributed by atoms with E-state index in [2.05, 4.69) is 6.07 Å². The molecule has 1 saturated heterocycles. The fraction of sp³-hybridized carbons (Fsp3) is 0.533. The Morgan fingerprint density at radius 2 is 2.32 bits per heavy atom. The maximum Gasteiger partial charge on any atom is 0.228 e. The molecule has 4 nitrogen and oxygen atoms in total. The third-order valence-corrected chi connectivity index (χ3v) is 4.31. The highest BCUT2D eigenvalue weighted by Gasteiger charge is 2.35. The highest BCUT2D eigenvalue weighted by molar-refractivity contribution is 5.80. The second-order valence-corrected chi connectivity index (χ2v) is 5.47. The fourth-order valence-electron chi connectivity index (χ4n) is 3.12. The van der Waals surface area contributed by atoms with Crippen LogP contribution >= 0.6 is 0 Å². The minimum Gasteiger partial charge on any atom is -0.398 e. The van der Waals surface area contributed by atoms with Gasteiger partial charge < -0.3 is 15.4 Å². The molecule has 1 amide bonds. The molecule has 0 spiro atoms. The molecule has 102 valence electrons. The Morgan fingerprint density at radius 3 is 3.05 bits per heavy atom. The van der Waals surface area contributed by atoms with Gasteiger partial charge in [-0.15, -0.1) is 0 Å². The first-order chi connectivity index (χ1) is 9.16. The van der Waals surface area contributed by atoms with Gasteiger partial charge in [-0.05, 0) is 37.0 Å². The predicted molar refractivity (Wildman–Crippen MR) is 73.5 cm³/mol. The number of fused-ring (bicyclic) bond motifs is 1. The van der Waals surface area contributed by atoms with Crippen LogP contribution in [0.25, 0.3) is 0 Å². The summed E-state index contributed by atoms with van der Waals surface area (Å²) in [6.07, 6.45) is 1.76. The van der Waals surface area contributed by atoms with E-state index in [0.717, 1.165) is 25.1 Å². The van der Waals surface area contributed by atoms with Crippen molar-refractivity contribution in [3.63, 3.8) is 0 Å². The monoisotopic (exact) mass is 260 g/mol. The van der Waals surface area contributed by atoms with Crippen LogP contribution in [0, 0.1) is 5.92 Å². The first-order valence-electron chi connectivity index (χ1n) is 6.93. The zero-order valence-electron chi connectivity index (χ0n) is 11.3. The summed E-state index contributed by atoms with van der Waals surface area (Å²) < 4.78 is 5.50. The molecule has 2 N–H and O–H groups in total. The predicted octanol–water partition coefficient (Wildman–Crippen LogP) is 1.58. The molecule has 2 heterocycles. The van der Waals surface area contributed by atoms with Crippen molar-refractivity contribution in [2.24, 2.45) is 5.92 Å². The molecule has 0 aromatic heterocycles. The number of amides is 1. The van der Waals surface area contributed by atoms with Crippen LogP contribution in [0.15, 0.2) is 18.2 Å². The zero-order chi connectivity index (χ0) is 13.4. The first-order valence-corrected chi connectivity index (χ1v) is 6.93. The number of carbonyl (C=O) groups is 1. The van der Waals surface area contributed by atoms with Crippen LogP contribution in [0.3, 0.4) is 0 Å². The summed E-state index contributed by atoms with van der Waals surface area (Å²) in [5, 5.41) is 0. The molecule has 4 heteroatoms. The van der Waals surface area contributed by atoms with Crippen molar-refractivity contribution in [2.75, 3.05) is 18.9 Å². The molecular weight excluding hydrogens is 240 g/mol. The first kappa shape index (κ1) is 12.5.